The molecule has 1 N–H and O–H groups in total. The number of carbonyl (C=O) groups excluding carboxylic acids is 1. The van der Waals surface area contributed by atoms with Crippen molar-refractivity contribution in [2.75, 3.05) is 31.5 Å². The van der Waals surface area contributed by atoms with E-state index in [4.69, 9.17) is 0 Å². The Kier molecular flexibility index (Phi) is 8.28. The van der Waals surface area contributed by atoms with Gasteiger partial charge in [0.2, 0.25) is 20.0 Å². The van der Waals surface area contributed by atoms with E-state index in [1.165, 1.54) is 38.9 Å². The number of nitrogens with one attached hydrogen (secondary N) is 1. The molecular formula is C23H31N3O5S2. The molecule has 0 aliphatic carbocycles. The molecular weight excluding hydrogens is 462 g/mol. The Hall–Kier alpha value is -2.27. The number of sulfonamides is 2. The number of benzene rings is 2. The van der Waals surface area contributed by atoms with Crippen molar-refractivity contribution in [1.29, 1.82) is 0 Å². The Morgan fingerprint density at radius 2 is 1.48 bits per heavy atom. The fourth-order valence-electron chi connectivity index (χ4n) is 3.88. The van der Waals surface area contributed by atoms with Gasteiger partial charge in [0.05, 0.1) is 9.79 Å². The van der Waals surface area contributed by atoms with Crippen LogP contribution in [-0.4, -0.2) is 57.5 Å². The number of nitrogens with zero attached hydrogens (tertiary/aromatic N) is 2. The maximum atomic E-state index is 13.1. The van der Waals surface area contributed by atoms with Gasteiger partial charge in [-0.25, -0.2) is 16.8 Å². The third kappa shape index (κ3) is 5.81. The lowest BCUT2D eigenvalue weighted by Crippen LogP contribution is -2.32. The van der Waals surface area contributed by atoms with Crippen LogP contribution in [0.15, 0.2) is 58.3 Å². The lowest BCUT2D eigenvalue weighted by atomic mass is 10.2. The Balaban J connectivity index is 1.82. The summed E-state index contributed by atoms with van der Waals surface area (Å²) in [5.74, 6) is -0.514. The molecule has 1 fully saturated rings. The summed E-state index contributed by atoms with van der Waals surface area (Å²) < 4.78 is 54.5. The molecule has 3 rings (SSSR count). The molecule has 1 aliphatic heterocycles. The van der Waals surface area contributed by atoms with Gasteiger partial charge in [-0.3, -0.25) is 4.79 Å². The van der Waals surface area contributed by atoms with Gasteiger partial charge in [0, 0.05) is 37.4 Å². The molecule has 1 amide bonds. The van der Waals surface area contributed by atoms with Gasteiger partial charge < -0.3 is 5.32 Å². The van der Waals surface area contributed by atoms with Crippen LogP contribution in [0.25, 0.3) is 0 Å². The molecule has 1 aliphatic rings. The highest BCUT2D eigenvalue weighted by atomic mass is 32.2. The first-order valence-electron chi connectivity index (χ1n) is 11.2. The van der Waals surface area contributed by atoms with E-state index in [1.807, 2.05) is 0 Å². The van der Waals surface area contributed by atoms with Gasteiger partial charge in [0.25, 0.3) is 5.91 Å². The maximum Gasteiger partial charge on any atom is 0.255 e. The van der Waals surface area contributed by atoms with Crippen LogP contribution in [-0.2, 0) is 20.0 Å². The van der Waals surface area contributed by atoms with Gasteiger partial charge >= 0.3 is 0 Å². The van der Waals surface area contributed by atoms with Crippen LogP contribution < -0.4 is 5.32 Å². The highest BCUT2D eigenvalue weighted by Crippen LogP contribution is 2.23. The van der Waals surface area contributed by atoms with Crippen LogP contribution in [0.3, 0.4) is 0 Å². The summed E-state index contributed by atoms with van der Waals surface area (Å²) >= 11 is 0. The molecule has 0 bridgehead atoms. The zero-order valence-electron chi connectivity index (χ0n) is 19.0. The molecule has 10 heteroatoms. The van der Waals surface area contributed by atoms with Gasteiger partial charge in [-0.2, -0.15) is 8.61 Å². The van der Waals surface area contributed by atoms with Crippen molar-refractivity contribution < 1.29 is 21.6 Å². The van der Waals surface area contributed by atoms with Gasteiger partial charge in [-0.1, -0.05) is 38.8 Å². The Morgan fingerprint density at radius 3 is 2.12 bits per heavy atom. The molecule has 0 saturated carbocycles. The van der Waals surface area contributed by atoms with Crippen molar-refractivity contribution in [3.05, 3.63) is 54.1 Å². The predicted molar refractivity (Wildman–Crippen MR) is 128 cm³/mol. The zero-order chi connectivity index (χ0) is 24.1. The van der Waals surface area contributed by atoms with Gasteiger partial charge in [0.1, 0.15) is 0 Å². The highest BCUT2D eigenvalue weighted by molar-refractivity contribution is 7.89. The number of anilines is 1. The molecule has 0 radical (unpaired) electrons. The van der Waals surface area contributed by atoms with Crippen molar-refractivity contribution in [2.45, 2.75) is 49.3 Å². The number of hydrogen-bond donors (Lipinski definition) is 1. The molecule has 1 heterocycles. The number of rotatable bonds is 8. The van der Waals surface area contributed by atoms with Crippen LogP contribution in [0.5, 0.6) is 0 Å². The van der Waals surface area contributed by atoms with Crippen molar-refractivity contribution in [1.82, 2.24) is 8.61 Å². The summed E-state index contributed by atoms with van der Waals surface area (Å²) in [7, 11) is -7.36. The number of carbonyl (C=O) groups is 1. The Bertz CT molecular complexity index is 1180. The third-order valence-corrected chi connectivity index (χ3v) is 9.67. The molecule has 2 aromatic carbocycles. The average Bonchev–Trinajstić information content (AvgIpc) is 3.10. The Morgan fingerprint density at radius 1 is 0.879 bits per heavy atom. The van der Waals surface area contributed by atoms with E-state index in [2.05, 4.69) is 5.32 Å². The minimum atomic E-state index is -3.69. The monoisotopic (exact) mass is 493 g/mol. The summed E-state index contributed by atoms with van der Waals surface area (Å²) in [6.45, 7) is 5.17. The first kappa shape index (κ1) is 25.4. The summed E-state index contributed by atoms with van der Waals surface area (Å²) in [5, 5.41) is 2.68. The van der Waals surface area contributed by atoms with E-state index in [-0.39, 0.29) is 15.4 Å². The average molecular weight is 494 g/mol. The van der Waals surface area contributed by atoms with E-state index in [9.17, 15) is 21.6 Å². The van der Waals surface area contributed by atoms with Crippen molar-refractivity contribution in [3.8, 4) is 0 Å². The SMILES string of the molecule is CCN(CC)S(=O)(=O)c1cccc(NC(=O)c2cccc(S(=O)(=O)N3CCCCCC3)c2)c1. The molecule has 1 saturated heterocycles. The molecule has 2 aromatic rings. The standard InChI is InChI=1S/C23H31N3O5S2/c1-3-25(4-2)32(28,29)22-14-10-12-20(18-22)24-23(27)19-11-9-13-21(17-19)33(30,31)26-15-7-5-6-8-16-26/h9-14,17-18H,3-8,15-16H2,1-2H3,(H,24,27). The van der Waals surface area contributed by atoms with Crippen molar-refractivity contribution >= 4 is 31.6 Å². The molecule has 0 atom stereocenters. The second-order valence-corrected chi connectivity index (χ2v) is 11.8. The second-order valence-electron chi connectivity index (χ2n) is 7.92. The fourth-order valence-corrected chi connectivity index (χ4v) is 6.95. The van der Waals surface area contributed by atoms with Crippen LogP contribution in [0, 0.1) is 0 Å². The molecule has 180 valence electrons. The topological polar surface area (TPSA) is 104 Å². The molecule has 0 spiro atoms. The largest absolute Gasteiger partial charge is 0.322 e. The summed E-state index contributed by atoms with van der Waals surface area (Å²) in [6.07, 6.45) is 3.67. The molecule has 33 heavy (non-hydrogen) atoms. The van der Waals surface area contributed by atoms with Crippen LogP contribution in [0.1, 0.15) is 49.9 Å². The minimum Gasteiger partial charge on any atom is -0.322 e. The highest BCUT2D eigenvalue weighted by Gasteiger charge is 2.26. The Labute approximate surface area is 196 Å². The quantitative estimate of drug-likeness (QED) is 0.606. The van der Waals surface area contributed by atoms with E-state index >= 15 is 0 Å². The maximum absolute atomic E-state index is 13.1. The number of hydrogen-bond acceptors (Lipinski definition) is 5. The van der Waals surface area contributed by atoms with Gasteiger partial charge in [0.15, 0.2) is 0 Å². The second kappa shape index (κ2) is 10.8. The zero-order valence-corrected chi connectivity index (χ0v) is 20.7. The summed E-state index contributed by atoms with van der Waals surface area (Å²) in [4.78, 5) is 13.0. The van der Waals surface area contributed by atoms with Crippen LogP contribution in [0.2, 0.25) is 0 Å². The lowest BCUT2D eigenvalue weighted by molar-refractivity contribution is 0.102. The normalized spacial score (nSPS) is 15.8. The van der Waals surface area contributed by atoms with Crippen molar-refractivity contribution in [2.24, 2.45) is 0 Å². The first-order valence-corrected chi connectivity index (χ1v) is 14.1. The number of amides is 1. The molecule has 0 unspecified atom stereocenters. The van der Waals surface area contributed by atoms with Crippen LogP contribution in [0.4, 0.5) is 5.69 Å². The fraction of sp³-hybridized carbons (Fsp3) is 0.435. The van der Waals surface area contributed by atoms with Crippen LogP contribution >= 0.6 is 0 Å². The van der Waals surface area contributed by atoms with E-state index in [0.29, 0.717) is 31.9 Å². The third-order valence-electron chi connectivity index (χ3n) is 5.73. The van der Waals surface area contributed by atoms with E-state index in [0.717, 1.165) is 25.7 Å². The van der Waals surface area contributed by atoms with Gasteiger partial charge in [-0.15, -0.1) is 0 Å². The smallest absolute Gasteiger partial charge is 0.255 e. The predicted octanol–water partition coefficient (Wildman–Crippen LogP) is 3.53. The lowest BCUT2D eigenvalue weighted by Gasteiger charge is -2.20. The summed E-state index contributed by atoms with van der Waals surface area (Å²) in [6, 6.07) is 12.0. The van der Waals surface area contributed by atoms with E-state index < -0.39 is 26.0 Å². The minimum absolute atomic E-state index is 0.0786. The van der Waals surface area contributed by atoms with E-state index in [1.54, 1.807) is 32.0 Å². The summed E-state index contributed by atoms with van der Waals surface area (Å²) in [5.41, 5.74) is 0.497. The van der Waals surface area contributed by atoms with Crippen molar-refractivity contribution in [3.63, 3.8) is 0 Å². The first-order chi connectivity index (χ1) is 15.7. The molecule has 0 aromatic heterocycles. The molecule has 8 nitrogen and oxygen atoms in total. The van der Waals surface area contributed by atoms with Gasteiger partial charge in [-0.05, 0) is 49.2 Å².